The van der Waals surface area contributed by atoms with Crippen molar-refractivity contribution in [3.05, 3.63) is 100 Å². The number of aryl methyl sites for hydroxylation is 2. The summed E-state index contributed by atoms with van der Waals surface area (Å²) in [6.07, 6.45) is 4.83. The van der Waals surface area contributed by atoms with Gasteiger partial charge in [-0.15, -0.1) is 0 Å². The van der Waals surface area contributed by atoms with Gasteiger partial charge in [0.1, 0.15) is 5.82 Å². The van der Waals surface area contributed by atoms with Gasteiger partial charge in [0.25, 0.3) is 0 Å². The molecule has 0 saturated carbocycles. The van der Waals surface area contributed by atoms with Gasteiger partial charge in [0.05, 0.1) is 0 Å². The molecule has 24 heavy (non-hydrogen) atoms. The van der Waals surface area contributed by atoms with E-state index in [1.165, 1.54) is 17.8 Å². The van der Waals surface area contributed by atoms with Gasteiger partial charge in [-0.1, -0.05) is 30.3 Å². The van der Waals surface area contributed by atoms with Crippen LogP contribution in [0, 0.1) is 11.8 Å². The van der Waals surface area contributed by atoms with E-state index in [1.807, 2.05) is 24.3 Å². The monoisotopic (exact) mass is 319 g/mol. The van der Waals surface area contributed by atoms with Gasteiger partial charge in [-0.3, -0.25) is 0 Å². The molecule has 1 heterocycles. The number of hydrogen-bond donors (Lipinski definition) is 0. The minimum atomic E-state index is -0.504. The molecule has 0 N–H and O–H groups in total. The molecule has 0 unspecified atom stereocenters. The Balaban J connectivity index is 1.99. The first kappa shape index (κ1) is 14.8. The summed E-state index contributed by atoms with van der Waals surface area (Å²) in [5, 5.41) is 0. The van der Waals surface area contributed by atoms with E-state index in [9.17, 15) is 8.78 Å². The zero-order chi connectivity index (χ0) is 16.5. The molecule has 2 aromatic carbocycles. The number of nitrogens with zero attached hydrogens (tertiary/aromatic N) is 1. The fourth-order valence-corrected chi connectivity index (χ4v) is 3.26. The maximum absolute atomic E-state index is 14.0. The lowest BCUT2D eigenvalue weighted by Crippen LogP contribution is -1.95. The first-order chi connectivity index (χ1) is 11.7. The van der Waals surface area contributed by atoms with Crippen molar-refractivity contribution in [2.75, 3.05) is 0 Å². The Labute approximate surface area is 139 Å². The largest absolute Gasteiger partial charge is 0.228 e. The highest BCUT2D eigenvalue weighted by atomic mass is 19.1. The Morgan fingerprint density at radius 1 is 0.833 bits per heavy atom. The molecular formula is C21H15F2N. The van der Waals surface area contributed by atoms with Gasteiger partial charge in [-0.05, 0) is 71.0 Å². The number of benzene rings is 2. The molecule has 4 rings (SSSR count). The van der Waals surface area contributed by atoms with Crippen LogP contribution in [0.2, 0.25) is 0 Å². The topological polar surface area (TPSA) is 12.9 Å². The molecule has 0 spiro atoms. The van der Waals surface area contributed by atoms with Gasteiger partial charge in [0.2, 0.25) is 5.95 Å². The standard InChI is InChI=1S/C21H15F2N/c22-17-9-10-19-15(12-17)8-7-14-4-1-2-6-18(14)20(19)13-16-5-3-11-24-21(16)23/h1-6,9-13H,7-8H2. The second-order valence-electron chi connectivity index (χ2n) is 5.90. The Kier molecular flexibility index (Phi) is 3.69. The van der Waals surface area contributed by atoms with Crippen LogP contribution in [-0.4, -0.2) is 4.98 Å². The van der Waals surface area contributed by atoms with Crippen LogP contribution in [0.25, 0.3) is 11.6 Å². The fraction of sp³-hybridized carbons (Fsp3) is 0.0952. The van der Waals surface area contributed by atoms with Gasteiger partial charge in [-0.25, -0.2) is 9.37 Å². The molecule has 118 valence electrons. The fourth-order valence-electron chi connectivity index (χ4n) is 3.26. The summed E-state index contributed by atoms with van der Waals surface area (Å²) in [5.74, 6) is -0.748. The van der Waals surface area contributed by atoms with Gasteiger partial charge < -0.3 is 0 Å². The minimum Gasteiger partial charge on any atom is -0.228 e. The van der Waals surface area contributed by atoms with E-state index in [4.69, 9.17) is 0 Å². The predicted molar refractivity (Wildman–Crippen MR) is 91.4 cm³/mol. The first-order valence-electron chi connectivity index (χ1n) is 7.91. The second-order valence-corrected chi connectivity index (χ2v) is 5.90. The molecule has 0 aliphatic heterocycles. The number of hydrogen-bond acceptors (Lipinski definition) is 1. The van der Waals surface area contributed by atoms with Crippen molar-refractivity contribution in [2.45, 2.75) is 12.8 Å². The van der Waals surface area contributed by atoms with E-state index in [0.717, 1.165) is 35.1 Å². The molecule has 3 heteroatoms. The lowest BCUT2D eigenvalue weighted by Gasteiger charge is -2.12. The van der Waals surface area contributed by atoms with Gasteiger partial charge in [-0.2, -0.15) is 4.39 Å². The zero-order valence-electron chi connectivity index (χ0n) is 13.0. The third kappa shape index (κ3) is 2.62. The average molecular weight is 319 g/mol. The Bertz CT molecular complexity index is 944. The number of aromatic nitrogens is 1. The van der Waals surface area contributed by atoms with Crippen molar-refractivity contribution in [3.8, 4) is 0 Å². The van der Waals surface area contributed by atoms with E-state index in [1.54, 1.807) is 24.3 Å². The second kappa shape index (κ2) is 6.00. The third-order valence-corrected chi connectivity index (χ3v) is 4.42. The number of rotatable bonds is 1. The summed E-state index contributed by atoms with van der Waals surface area (Å²) in [5.41, 5.74) is 5.48. The van der Waals surface area contributed by atoms with E-state index in [0.29, 0.717) is 5.56 Å². The summed E-state index contributed by atoms with van der Waals surface area (Å²) in [6.45, 7) is 0. The molecule has 0 saturated heterocycles. The molecule has 0 atom stereocenters. The van der Waals surface area contributed by atoms with Gasteiger partial charge in [0.15, 0.2) is 0 Å². The van der Waals surface area contributed by atoms with Crippen molar-refractivity contribution in [1.29, 1.82) is 0 Å². The smallest absolute Gasteiger partial charge is 0.220 e. The summed E-state index contributed by atoms with van der Waals surface area (Å²) < 4.78 is 27.7. The summed E-state index contributed by atoms with van der Waals surface area (Å²) in [7, 11) is 0. The quantitative estimate of drug-likeness (QED) is 0.572. The molecular weight excluding hydrogens is 304 g/mol. The number of fused-ring (bicyclic) bond motifs is 2. The maximum atomic E-state index is 14.0. The average Bonchev–Trinajstić information content (AvgIpc) is 2.74. The molecule has 1 aromatic heterocycles. The van der Waals surface area contributed by atoms with Gasteiger partial charge >= 0.3 is 0 Å². The summed E-state index contributed by atoms with van der Waals surface area (Å²) in [6, 6.07) is 16.3. The third-order valence-electron chi connectivity index (χ3n) is 4.42. The minimum absolute atomic E-state index is 0.244. The van der Waals surface area contributed by atoms with E-state index in [2.05, 4.69) is 11.1 Å². The van der Waals surface area contributed by atoms with E-state index < -0.39 is 5.95 Å². The van der Waals surface area contributed by atoms with Crippen molar-refractivity contribution >= 4 is 11.6 Å². The molecule has 3 aromatic rings. The van der Waals surface area contributed by atoms with Crippen molar-refractivity contribution < 1.29 is 8.78 Å². The van der Waals surface area contributed by atoms with Crippen LogP contribution in [0.4, 0.5) is 8.78 Å². The number of pyridine rings is 1. The van der Waals surface area contributed by atoms with Crippen molar-refractivity contribution in [3.63, 3.8) is 0 Å². The summed E-state index contributed by atoms with van der Waals surface area (Å²) in [4.78, 5) is 3.72. The van der Waals surface area contributed by atoms with Crippen molar-refractivity contribution in [2.24, 2.45) is 0 Å². The van der Waals surface area contributed by atoms with Crippen LogP contribution in [0.15, 0.2) is 60.8 Å². The highest BCUT2D eigenvalue weighted by Gasteiger charge is 2.19. The number of halogens is 2. The molecule has 0 amide bonds. The highest BCUT2D eigenvalue weighted by Crippen LogP contribution is 2.35. The van der Waals surface area contributed by atoms with Crippen LogP contribution >= 0.6 is 0 Å². The van der Waals surface area contributed by atoms with Crippen LogP contribution in [0.5, 0.6) is 0 Å². The Morgan fingerprint density at radius 2 is 1.62 bits per heavy atom. The summed E-state index contributed by atoms with van der Waals surface area (Å²) >= 11 is 0. The molecule has 0 bridgehead atoms. The molecule has 1 nitrogen and oxygen atoms in total. The zero-order valence-corrected chi connectivity index (χ0v) is 13.0. The molecule has 0 radical (unpaired) electrons. The lowest BCUT2D eigenvalue weighted by atomic mass is 9.92. The Morgan fingerprint density at radius 3 is 2.50 bits per heavy atom. The molecule has 1 aliphatic carbocycles. The first-order valence-corrected chi connectivity index (χ1v) is 7.91. The van der Waals surface area contributed by atoms with Gasteiger partial charge in [0, 0.05) is 11.8 Å². The van der Waals surface area contributed by atoms with Crippen LogP contribution in [-0.2, 0) is 12.8 Å². The molecule has 1 aliphatic rings. The lowest BCUT2D eigenvalue weighted by molar-refractivity contribution is 0.581. The normalized spacial score (nSPS) is 14.8. The maximum Gasteiger partial charge on any atom is 0.220 e. The van der Waals surface area contributed by atoms with Crippen LogP contribution in [0.3, 0.4) is 0 Å². The Hall–Kier alpha value is -2.81. The SMILES string of the molecule is Fc1ccc2c(c1)CCc1ccccc1C2=Cc1cccnc1F. The van der Waals surface area contributed by atoms with E-state index >= 15 is 0 Å². The van der Waals surface area contributed by atoms with Crippen LogP contribution < -0.4 is 0 Å². The highest BCUT2D eigenvalue weighted by molar-refractivity contribution is 5.94. The van der Waals surface area contributed by atoms with Crippen LogP contribution in [0.1, 0.15) is 27.8 Å². The predicted octanol–water partition coefficient (Wildman–Crippen LogP) is 5.05. The van der Waals surface area contributed by atoms with E-state index in [-0.39, 0.29) is 5.82 Å². The van der Waals surface area contributed by atoms with Crippen molar-refractivity contribution in [1.82, 2.24) is 4.98 Å². The molecule has 0 fully saturated rings.